The van der Waals surface area contributed by atoms with E-state index < -0.39 is 0 Å². The highest BCUT2D eigenvalue weighted by Crippen LogP contribution is 2.16. The summed E-state index contributed by atoms with van der Waals surface area (Å²) in [6.07, 6.45) is 2.08. The van der Waals surface area contributed by atoms with Gasteiger partial charge in [-0.25, -0.2) is 4.39 Å². The average Bonchev–Trinajstić information content (AvgIpc) is 3.15. The predicted octanol–water partition coefficient (Wildman–Crippen LogP) is 3.11. The average molecular weight is 341 g/mol. The van der Waals surface area contributed by atoms with Crippen LogP contribution in [0.4, 0.5) is 15.8 Å². The van der Waals surface area contributed by atoms with Crippen LogP contribution in [0.2, 0.25) is 0 Å². The van der Waals surface area contributed by atoms with Crippen molar-refractivity contribution >= 4 is 23.2 Å². The maximum absolute atomic E-state index is 12.9. The highest BCUT2D eigenvalue weighted by molar-refractivity contribution is 5.98. The van der Waals surface area contributed by atoms with Crippen molar-refractivity contribution in [2.24, 2.45) is 0 Å². The molecule has 0 aliphatic carbocycles. The van der Waals surface area contributed by atoms with Gasteiger partial charge in [-0.1, -0.05) is 6.07 Å². The van der Waals surface area contributed by atoms with E-state index in [1.165, 1.54) is 12.1 Å². The summed E-state index contributed by atoms with van der Waals surface area (Å²) in [5.41, 5.74) is 1.82. The summed E-state index contributed by atoms with van der Waals surface area (Å²) in [5.74, 6) is -0.567. The second-order valence-corrected chi connectivity index (χ2v) is 5.99. The molecule has 25 heavy (non-hydrogen) atoms. The van der Waals surface area contributed by atoms with Crippen LogP contribution in [-0.4, -0.2) is 36.3 Å². The first kappa shape index (κ1) is 17.0. The van der Waals surface area contributed by atoms with Gasteiger partial charge in [-0.2, -0.15) is 0 Å². The van der Waals surface area contributed by atoms with Crippen molar-refractivity contribution in [3.63, 3.8) is 0 Å². The first-order valence-electron chi connectivity index (χ1n) is 8.30. The van der Waals surface area contributed by atoms with Gasteiger partial charge < -0.3 is 15.5 Å². The van der Waals surface area contributed by atoms with Crippen LogP contribution in [0.5, 0.6) is 0 Å². The largest absolute Gasteiger partial charge is 0.376 e. The third-order valence-electron chi connectivity index (χ3n) is 4.08. The van der Waals surface area contributed by atoms with Gasteiger partial charge in [0.1, 0.15) is 5.82 Å². The Morgan fingerprint density at radius 2 is 1.72 bits per heavy atom. The zero-order valence-corrected chi connectivity index (χ0v) is 13.8. The molecule has 0 unspecified atom stereocenters. The number of hydrogen-bond donors (Lipinski definition) is 2. The SMILES string of the molecule is O=C(CNc1ccc(F)cc1)Nc1cccc(C(=O)N2CCCC2)c1. The molecule has 2 N–H and O–H groups in total. The second kappa shape index (κ2) is 7.79. The topological polar surface area (TPSA) is 61.4 Å². The number of halogens is 1. The molecule has 1 aliphatic rings. The molecule has 0 aromatic heterocycles. The number of likely N-dealkylation sites (tertiary alicyclic amines) is 1. The molecule has 2 aromatic rings. The summed E-state index contributed by atoms with van der Waals surface area (Å²) in [5, 5.41) is 5.68. The summed E-state index contributed by atoms with van der Waals surface area (Å²) in [6, 6.07) is 12.7. The molecule has 5 nitrogen and oxygen atoms in total. The smallest absolute Gasteiger partial charge is 0.253 e. The normalized spacial score (nSPS) is 13.6. The number of rotatable bonds is 5. The highest BCUT2D eigenvalue weighted by Gasteiger charge is 2.19. The van der Waals surface area contributed by atoms with Crippen LogP contribution >= 0.6 is 0 Å². The number of carbonyl (C=O) groups is 2. The van der Waals surface area contributed by atoms with E-state index in [1.54, 1.807) is 36.4 Å². The summed E-state index contributed by atoms with van der Waals surface area (Å²) in [4.78, 5) is 26.3. The van der Waals surface area contributed by atoms with E-state index in [-0.39, 0.29) is 24.2 Å². The Bertz CT molecular complexity index is 756. The number of amides is 2. The molecular weight excluding hydrogens is 321 g/mol. The van der Waals surface area contributed by atoms with Gasteiger partial charge in [-0.15, -0.1) is 0 Å². The van der Waals surface area contributed by atoms with Crippen LogP contribution in [0.25, 0.3) is 0 Å². The Morgan fingerprint density at radius 1 is 1.00 bits per heavy atom. The molecule has 2 amide bonds. The van der Waals surface area contributed by atoms with Crippen molar-refractivity contribution in [3.8, 4) is 0 Å². The van der Waals surface area contributed by atoms with Gasteiger partial charge in [0.15, 0.2) is 0 Å². The fraction of sp³-hybridized carbons (Fsp3) is 0.263. The molecule has 1 saturated heterocycles. The van der Waals surface area contributed by atoms with E-state index >= 15 is 0 Å². The van der Waals surface area contributed by atoms with Gasteiger partial charge in [0.2, 0.25) is 5.91 Å². The summed E-state index contributed by atoms with van der Waals surface area (Å²) >= 11 is 0. The van der Waals surface area contributed by atoms with E-state index in [0.717, 1.165) is 25.9 Å². The van der Waals surface area contributed by atoms with Gasteiger partial charge >= 0.3 is 0 Å². The molecule has 0 spiro atoms. The minimum atomic E-state index is -0.325. The van der Waals surface area contributed by atoms with Crippen molar-refractivity contribution in [1.82, 2.24) is 4.90 Å². The Morgan fingerprint density at radius 3 is 2.44 bits per heavy atom. The minimum absolute atomic E-state index is 0.00182. The van der Waals surface area contributed by atoms with Crippen molar-refractivity contribution in [1.29, 1.82) is 0 Å². The van der Waals surface area contributed by atoms with Crippen molar-refractivity contribution in [2.45, 2.75) is 12.8 Å². The fourth-order valence-corrected chi connectivity index (χ4v) is 2.79. The van der Waals surface area contributed by atoms with Gasteiger partial charge in [0.25, 0.3) is 5.91 Å². The lowest BCUT2D eigenvalue weighted by Crippen LogP contribution is -2.27. The lowest BCUT2D eigenvalue weighted by Gasteiger charge is -2.16. The number of hydrogen-bond acceptors (Lipinski definition) is 3. The molecule has 1 aliphatic heterocycles. The first-order valence-corrected chi connectivity index (χ1v) is 8.30. The highest BCUT2D eigenvalue weighted by atomic mass is 19.1. The number of carbonyl (C=O) groups excluding carboxylic acids is 2. The summed E-state index contributed by atoms with van der Waals surface area (Å²) in [6.45, 7) is 1.63. The van der Waals surface area contributed by atoms with Crippen LogP contribution in [-0.2, 0) is 4.79 Å². The maximum atomic E-state index is 12.9. The van der Waals surface area contributed by atoms with E-state index in [0.29, 0.717) is 16.9 Å². The van der Waals surface area contributed by atoms with Crippen LogP contribution < -0.4 is 10.6 Å². The molecule has 130 valence electrons. The Kier molecular flexibility index (Phi) is 5.28. The molecule has 0 radical (unpaired) electrons. The quantitative estimate of drug-likeness (QED) is 0.878. The van der Waals surface area contributed by atoms with Crippen LogP contribution in [0, 0.1) is 5.82 Å². The Balaban J connectivity index is 1.56. The molecule has 0 saturated carbocycles. The van der Waals surface area contributed by atoms with E-state index in [1.807, 2.05) is 4.90 Å². The molecular formula is C19H20FN3O2. The number of nitrogens with zero attached hydrogens (tertiary/aromatic N) is 1. The van der Waals surface area contributed by atoms with Crippen molar-refractivity contribution < 1.29 is 14.0 Å². The predicted molar refractivity (Wildman–Crippen MR) is 95.1 cm³/mol. The molecule has 0 bridgehead atoms. The molecule has 1 fully saturated rings. The third-order valence-corrected chi connectivity index (χ3v) is 4.08. The van der Waals surface area contributed by atoms with Gasteiger partial charge in [0.05, 0.1) is 6.54 Å². The summed E-state index contributed by atoms with van der Waals surface area (Å²) in [7, 11) is 0. The summed E-state index contributed by atoms with van der Waals surface area (Å²) < 4.78 is 12.9. The fourth-order valence-electron chi connectivity index (χ4n) is 2.79. The molecule has 3 rings (SSSR count). The van der Waals surface area contributed by atoms with Crippen LogP contribution in [0.15, 0.2) is 48.5 Å². The van der Waals surface area contributed by atoms with E-state index in [2.05, 4.69) is 10.6 Å². The van der Waals surface area contributed by atoms with Gasteiger partial charge in [-0.3, -0.25) is 9.59 Å². The molecule has 0 atom stereocenters. The third kappa shape index (κ3) is 4.56. The van der Waals surface area contributed by atoms with Gasteiger partial charge in [0, 0.05) is 30.0 Å². The lowest BCUT2D eigenvalue weighted by atomic mass is 10.1. The minimum Gasteiger partial charge on any atom is -0.376 e. The maximum Gasteiger partial charge on any atom is 0.253 e. The number of anilines is 2. The van der Waals surface area contributed by atoms with Crippen molar-refractivity contribution in [2.75, 3.05) is 30.3 Å². The molecule has 1 heterocycles. The van der Waals surface area contributed by atoms with E-state index in [9.17, 15) is 14.0 Å². The number of nitrogens with one attached hydrogen (secondary N) is 2. The van der Waals surface area contributed by atoms with Crippen LogP contribution in [0.3, 0.4) is 0 Å². The monoisotopic (exact) mass is 341 g/mol. The van der Waals surface area contributed by atoms with Crippen LogP contribution in [0.1, 0.15) is 23.2 Å². The molecule has 6 heteroatoms. The Labute approximate surface area is 145 Å². The Hall–Kier alpha value is -2.89. The standard InChI is InChI=1S/C19H20FN3O2/c20-15-6-8-16(9-7-15)21-13-18(24)22-17-5-3-4-14(12-17)19(25)23-10-1-2-11-23/h3-9,12,21H,1-2,10-11,13H2,(H,22,24). The van der Waals surface area contributed by atoms with E-state index in [4.69, 9.17) is 0 Å². The zero-order chi connectivity index (χ0) is 17.6. The first-order chi connectivity index (χ1) is 12.1. The molecule has 2 aromatic carbocycles. The van der Waals surface area contributed by atoms with Gasteiger partial charge in [-0.05, 0) is 55.3 Å². The number of benzene rings is 2. The lowest BCUT2D eigenvalue weighted by molar-refractivity contribution is -0.114. The second-order valence-electron chi connectivity index (χ2n) is 5.99. The zero-order valence-electron chi connectivity index (χ0n) is 13.8. The van der Waals surface area contributed by atoms with Crippen molar-refractivity contribution in [3.05, 3.63) is 59.9 Å².